The topological polar surface area (TPSA) is 52.9 Å². The summed E-state index contributed by atoms with van der Waals surface area (Å²) in [5.41, 5.74) is 2.68. The predicted octanol–water partition coefficient (Wildman–Crippen LogP) is 6.18. The van der Waals surface area contributed by atoms with Crippen LogP contribution in [0.1, 0.15) is 60.0 Å². The van der Waals surface area contributed by atoms with Gasteiger partial charge in [0.25, 0.3) is 5.91 Å². The number of carbonyl (C=O) groups excluding carboxylic acids is 1. The number of thiophene rings is 1. The van der Waals surface area contributed by atoms with Crippen LogP contribution in [0.3, 0.4) is 0 Å². The fourth-order valence-electron chi connectivity index (χ4n) is 3.55. The minimum absolute atomic E-state index is 0.174. The second-order valence-corrected chi connectivity index (χ2v) is 9.59. The van der Waals surface area contributed by atoms with Crippen molar-refractivity contribution < 1.29 is 4.79 Å². The Morgan fingerprint density at radius 2 is 2.23 bits per heavy atom. The molecule has 0 saturated carbocycles. The molecule has 5 heteroatoms. The Bertz CT molecular complexity index is 879. The molecular formula is C21H23BrN2OS. The smallest absolute Gasteiger partial charge is 0.256 e. The van der Waals surface area contributed by atoms with Crippen LogP contribution in [-0.4, -0.2) is 5.91 Å². The first-order valence-electron chi connectivity index (χ1n) is 8.97. The van der Waals surface area contributed by atoms with Gasteiger partial charge in [-0.1, -0.05) is 49.2 Å². The third-order valence-corrected chi connectivity index (χ3v) is 7.37. The molecule has 1 aliphatic carbocycles. The maximum atomic E-state index is 12.6. The number of amides is 1. The Labute approximate surface area is 167 Å². The van der Waals surface area contributed by atoms with Crippen LogP contribution < -0.4 is 5.32 Å². The summed E-state index contributed by atoms with van der Waals surface area (Å²) in [7, 11) is 0. The first-order valence-corrected chi connectivity index (χ1v) is 10.6. The molecule has 1 unspecified atom stereocenters. The summed E-state index contributed by atoms with van der Waals surface area (Å²) < 4.78 is 0.862. The van der Waals surface area contributed by atoms with Gasteiger partial charge in [0, 0.05) is 14.9 Å². The number of anilines is 1. The van der Waals surface area contributed by atoms with E-state index in [0.29, 0.717) is 27.5 Å². The van der Waals surface area contributed by atoms with Gasteiger partial charge in [-0.05, 0) is 54.4 Å². The summed E-state index contributed by atoms with van der Waals surface area (Å²) >= 11 is 4.97. The second kappa shape index (κ2) is 7.54. The zero-order valence-corrected chi connectivity index (χ0v) is 17.8. The molecule has 0 saturated heterocycles. The first kappa shape index (κ1) is 19.1. The van der Waals surface area contributed by atoms with E-state index in [9.17, 15) is 10.1 Å². The number of nitrogens with one attached hydrogen (secondary N) is 1. The lowest BCUT2D eigenvalue weighted by Crippen LogP contribution is -2.28. The fourth-order valence-corrected chi connectivity index (χ4v) is 5.23. The van der Waals surface area contributed by atoms with E-state index in [1.54, 1.807) is 23.5 Å². The molecule has 1 amide bonds. The summed E-state index contributed by atoms with van der Waals surface area (Å²) in [6, 6.07) is 9.61. The maximum absolute atomic E-state index is 12.6. The fraction of sp³-hybridized carbons (Fsp3) is 0.429. The molecule has 3 rings (SSSR count). The van der Waals surface area contributed by atoms with Crippen molar-refractivity contribution in [3.63, 3.8) is 0 Å². The van der Waals surface area contributed by atoms with Gasteiger partial charge >= 0.3 is 0 Å². The Kier molecular flexibility index (Phi) is 5.55. The van der Waals surface area contributed by atoms with E-state index in [1.807, 2.05) is 12.1 Å². The number of nitriles is 1. The van der Waals surface area contributed by atoms with E-state index in [2.05, 4.69) is 48.1 Å². The summed E-state index contributed by atoms with van der Waals surface area (Å²) in [5.74, 6) is 0.450. The third kappa shape index (κ3) is 3.72. The lowest BCUT2D eigenvalue weighted by molar-refractivity contribution is 0.102. The predicted molar refractivity (Wildman–Crippen MR) is 111 cm³/mol. The van der Waals surface area contributed by atoms with Crippen LogP contribution in [0, 0.1) is 22.7 Å². The van der Waals surface area contributed by atoms with Crippen LogP contribution in [0.5, 0.6) is 0 Å². The van der Waals surface area contributed by atoms with Crippen molar-refractivity contribution in [3.05, 3.63) is 50.3 Å². The average Bonchev–Trinajstić information content (AvgIpc) is 2.97. The lowest BCUT2D eigenvalue weighted by Gasteiger charge is -2.36. The van der Waals surface area contributed by atoms with Crippen molar-refractivity contribution in [1.82, 2.24) is 0 Å². The largest absolute Gasteiger partial charge is 0.312 e. The van der Waals surface area contributed by atoms with E-state index < -0.39 is 0 Å². The quantitative estimate of drug-likeness (QED) is 0.629. The summed E-state index contributed by atoms with van der Waals surface area (Å²) in [4.78, 5) is 13.8. The molecule has 26 heavy (non-hydrogen) atoms. The Morgan fingerprint density at radius 1 is 1.46 bits per heavy atom. The van der Waals surface area contributed by atoms with Crippen LogP contribution in [0.2, 0.25) is 0 Å². The van der Waals surface area contributed by atoms with E-state index >= 15 is 0 Å². The Morgan fingerprint density at radius 3 is 2.88 bits per heavy atom. The van der Waals surface area contributed by atoms with Crippen molar-refractivity contribution in [2.75, 3.05) is 5.32 Å². The second-order valence-electron chi connectivity index (χ2n) is 7.57. The highest BCUT2D eigenvalue weighted by Crippen LogP contribution is 2.45. The summed E-state index contributed by atoms with van der Waals surface area (Å²) in [5, 5.41) is 13.3. The molecular weight excluding hydrogens is 408 g/mol. The molecule has 0 aliphatic heterocycles. The molecule has 0 fully saturated rings. The molecule has 0 radical (unpaired) electrons. The van der Waals surface area contributed by atoms with Crippen molar-refractivity contribution in [3.8, 4) is 6.07 Å². The Balaban J connectivity index is 1.87. The lowest BCUT2D eigenvalue weighted by atomic mass is 9.69. The third-order valence-electron chi connectivity index (χ3n) is 5.71. The molecule has 1 aliphatic rings. The van der Waals surface area contributed by atoms with Gasteiger partial charge in [0.2, 0.25) is 0 Å². The molecule has 2 aromatic rings. The van der Waals surface area contributed by atoms with Crippen LogP contribution >= 0.6 is 27.3 Å². The SMILES string of the molecule is CCC(C)(C)C1CCc2c(sc(NC(=O)c3cccc(Br)c3)c2C#N)C1. The monoisotopic (exact) mass is 430 g/mol. The summed E-state index contributed by atoms with van der Waals surface area (Å²) in [6.07, 6.45) is 4.19. The van der Waals surface area contributed by atoms with Crippen molar-refractivity contribution >= 4 is 38.2 Å². The van der Waals surface area contributed by atoms with E-state index in [4.69, 9.17) is 0 Å². The first-order chi connectivity index (χ1) is 12.4. The van der Waals surface area contributed by atoms with Crippen molar-refractivity contribution in [2.45, 2.75) is 46.5 Å². The molecule has 3 nitrogen and oxygen atoms in total. The zero-order chi connectivity index (χ0) is 18.9. The molecule has 1 aromatic heterocycles. The van der Waals surface area contributed by atoms with Gasteiger partial charge in [0.15, 0.2) is 0 Å². The van der Waals surface area contributed by atoms with E-state index in [1.165, 1.54) is 4.88 Å². The Hall–Kier alpha value is -1.64. The van der Waals surface area contributed by atoms with Crippen molar-refractivity contribution in [1.29, 1.82) is 5.26 Å². The van der Waals surface area contributed by atoms with E-state index in [0.717, 1.165) is 35.7 Å². The number of benzene rings is 1. The molecule has 136 valence electrons. The maximum Gasteiger partial charge on any atom is 0.256 e. The van der Waals surface area contributed by atoms with Gasteiger partial charge in [0.05, 0.1) is 5.56 Å². The number of fused-ring (bicyclic) bond motifs is 1. The van der Waals surface area contributed by atoms with Crippen LogP contribution in [0.25, 0.3) is 0 Å². The number of hydrogen-bond acceptors (Lipinski definition) is 3. The average molecular weight is 431 g/mol. The number of hydrogen-bond donors (Lipinski definition) is 1. The molecule has 1 aromatic carbocycles. The van der Waals surface area contributed by atoms with Crippen LogP contribution in [0.15, 0.2) is 28.7 Å². The molecule has 0 spiro atoms. The van der Waals surface area contributed by atoms with Gasteiger partial charge in [-0.15, -0.1) is 11.3 Å². The number of rotatable bonds is 4. The van der Waals surface area contributed by atoms with Gasteiger partial charge in [-0.25, -0.2) is 0 Å². The zero-order valence-electron chi connectivity index (χ0n) is 15.4. The minimum Gasteiger partial charge on any atom is -0.312 e. The normalized spacial score (nSPS) is 16.7. The molecule has 1 N–H and O–H groups in total. The van der Waals surface area contributed by atoms with Gasteiger partial charge in [-0.3, -0.25) is 4.79 Å². The highest BCUT2D eigenvalue weighted by Gasteiger charge is 2.34. The van der Waals surface area contributed by atoms with Gasteiger partial charge in [0.1, 0.15) is 11.1 Å². The molecule has 1 heterocycles. The van der Waals surface area contributed by atoms with Gasteiger partial charge < -0.3 is 5.32 Å². The highest BCUT2D eigenvalue weighted by molar-refractivity contribution is 9.10. The standard InChI is InChI=1S/C21H23BrN2OS/c1-4-21(2,3)14-8-9-16-17(12-23)20(26-18(16)11-14)24-19(25)13-6-5-7-15(22)10-13/h5-7,10,14H,4,8-9,11H2,1-3H3,(H,24,25). The minimum atomic E-state index is -0.174. The molecule has 1 atom stereocenters. The van der Waals surface area contributed by atoms with Crippen molar-refractivity contribution in [2.24, 2.45) is 11.3 Å². The highest BCUT2D eigenvalue weighted by atomic mass is 79.9. The van der Waals surface area contributed by atoms with Crippen LogP contribution in [0.4, 0.5) is 5.00 Å². The summed E-state index contributed by atoms with van der Waals surface area (Å²) in [6.45, 7) is 6.91. The number of nitrogens with zero attached hydrogens (tertiary/aromatic N) is 1. The number of carbonyl (C=O) groups is 1. The van der Waals surface area contributed by atoms with Crippen LogP contribution in [-0.2, 0) is 12.8 Å². The van der Waals surface area contributed by atoms with Gasteiger partial charge in [-0.2, -0.15) is 5.26 Å². The molecule has 0 bridgehead atoms. The number of halogens is 1. The van der Waals surface area contributed by atoms with E-state index in [-0.39, 0.29) is 5.91 Å².